The van der Waals surface area contributed by atoms with Crippen LogP contribution in [0.2, 0.25) is 0 Å². The molecule has 0 atom stereocenters. The van der Waals surface area contributed by atoms with Crippen molar-refractivity contribution in [1.29, 1.82) is 0 Å². The largest absolute Gasteiger partial charge is 0.486 e. The first-order chi connectivity index (χ1) is 6.77. The fraction of sp³-hybridized carbons (Fsp3) is 0.200. The van der Waals surface area contributed by atoms with Gasteiger partial charge in [-0.05, 0) is 12.1 Å². The van der Waals surface area contributed by atoms with Crippen LogP contribution in [-0.2, 0) is 9.63 Å². The summed E-state index contributed by atoms with van der Waals surface area (Å²) in [4.78, 5) is 15.1. The molecule has 1 aromatic rings. The van der Waals surface area contributed by atoms with Gasteiger partial charge in [-0.2, -0.15) is 0 Å². The van der Waals surface area contributed by atoms with E-state index in [2.05, 4.69) is 9.99 Å². The molecule has 0 fully saturated rings. The molecular weight excluding hydrogens is 182 g/mol. The zero-order valence-corrected chi connectivity index (χ0v) is 7.69. The molecule has 0 saturated heterocycles. The molecule has 72 valence electrons. The van der Waals surface area contributed by atoms with Crippen LogP contribution in [0, 0.1) is 0 Å². The Kier molecular flexibility index (Phi) is 2.18. The summed E-state index contributed by atoms with van der Waals surface area (Å²) >= 11 is 0. The number of carbonyl (C=O) groups is 1. The van der Waals surface area contributed by atoms with Crippen LogP contribution < -0.4 is 4.74 Å². The Morgan fingerprint density at radius 2 is 2.29 bits per heavy atom. The average molecular weight is 191 g/mol. The minimum absolute atomic E-state index is 0.354. The number of hydrogen-bond acceptors (Lipinski definition) is 4. The molecule has 0 N–H and O–H groups in total. The monoisotopic (exact) mass is 191 g/mol. The van der Waals surface area contributed by atoms with Gasteiger partial charge in [0.2, 0.25) is 0 Å². The van der Waals surface area contributed by atoms with E-state index in [-0.39, 0.29) is 0 Å². The third-order valence-electron chi connectivity index (χ3n) is 1.85. The standard InChI is InChI=1S/C10H9NO3/c1-7(12)14-11-9-6-13-10-5-3-2-4-8(9)10/h2-5H,6H2,1H3. The number of benzene rings is 1. The van der Waals surface area contributed by atoms with E-state index in [0.717, 1.165) is 11.3 Å². The second-order valence-corrected chi connectivity index (χ2v) is 2.91. The van der Waals surface area contributed by atoms with E-state index in [1.54, 1.807) is 0 Å². The molecule has 0 amide bonds. The fourth-order valence-corrected chi connectivity index (χ4v) is 1.25. The molecule has 1 aliphatic rings. The lowest BCUT2D eigenvalue weighted by Crippen LogP contribution is -2.04. The molecule has 1 aromatic carbocycles. The molecule has 4 heteroatoms. The summed E-state index contributed by atoms with van der Waals surface area (Å²) in [6.07, 6.45) is 0. The molecular formula is C10H9NO3. The summed E-state index contributed by atoms with van der Waals surface area (Å²) in [6, 6.07) is 7.50. The Morgan fingerprint density at radius 1 is 1.50 bits per heavy atom. The third kappa shape index (κ3) is 1.59. The zero-order chi connectivity index (χ0) is 9.97. The van der Waals surface area contributed by atoms with Gasteiger partial charge >= 0.3 is 5.97 Å². The van der Waals surface area contributed by atoms with Crippen LogP contribution in [0.5, 0.6) is 5.75 Å². The van der Waals surface area contributed by atoms with Crippen LogP contribution in [0.15, 0.2) is 29.4 Å². The van der Waals surface area contributed by atoms with Crippen LogP contribution in [0.1, 0.15) is 12.5 Å². The van der Waals surface area contributed by atoms with Crippen LogP contribution >= 0.6 is 0 Å². The molecule has 0 radical (unpaired) electrons. The van der Waals surface area contributed by atoms with Crippen LogP contribution in [-0.4, -0.2) is 18.3 Å². The quantitative estimate of drug-likeness (QED) is 0.497. The van der Waals surface area contributed by atoms with Gasteiger partial charge in [0.15, 0.2) is 0 Å². The van der Waals surface area contributed by atoms with Gasteiger partial charge in [-0.15, -0.1) is 0 Å². The first-order valence-corrected chi connectivity index (χ1v) is 4.24. The Balaban J connectivity index is 2.26. The van der Waals surface area contributed by atoms with Crippen molar-refractivity contribution in [3.63, 3.8) is 0 Å². The summed E-state index contributed by atoms with van der Waals surface area (Å²) in [7, 11) is 0. The smallest absolute Gasteiger partial charge is 0.331 e. The van der Waals surface area contributed by atoms with Crippen molar-refractivity contribution in [2.45, 2.75) is 6.92 Å². The maximum atomic E-state index is 10.5. The molecule has 1 aliphatic heterocycles. The summed E-state index contributed by atoms with van der Waals surface area (Å²) in [5, 5.41) is 3.71. The predicted octanol–water partition coefficient (Wildman–Crippen LogP) is 1.35. The molecule has 4 nitrogen and oxygen atoms in total. The first-order valence-electron chi connectivity index (χ1n) is 4.24. The summed E-state index contributed by atoms with van der Waals surface area (Å²) in [5.74, 6) is 0.347. The number of oxime groups is 1. The highest BCUT2D eigenvalue weighted by molar-refractivity contribution is 6.06. The van der Waals surface area contributed by atoms with Crippen molar-refractivity contribution in [1.82, 2.24) is 0 Å². The van der Waals surface area contributed by atoms with E-state index < -0.39 is 5.97 Å². The van der Waals surface area contributed by atoms with Gasteiger partial charge < -0.3 is 9.57 Å². The fourth-order valence-electron chi connectivity index (χ4n) is 1.25. The van der Waals surface area contributed by atoms with E-state index in [0.29, 0.717) is 12.3 Å². The van der Waals surface area contributed by atoms with Crippen LogP contribution in [0.3, 0.4) is 0 Å². The molecule has 0 saturated carbocycles. The highest BCUT2D eigenvalue weighted by atomic mass is 16.7. The minimum Gasteiger partial charge on any atom is -0.486 e. The molecule has 0 bridgehead atoms. The molecule has 0 unspecified atom stereocenters. The summed E-state index contributed by atoms with van der Waals surface area (Å²) in [6.45, 7) is 1.67. The molecule has 14 heavy (non-hydrogen) atoms. The highest BCUT2D eigenvalue weighted by Crippen LogP contribution is 2.24. The van der Waals surface area contributed by atoms with Gasteiger partial charge in [0.05, 0.1) is 0 Å². The van der Waals surface area contributed by atoms with Gasteiger partial charge in [-0.1, -0.05) is 17.3 Å². The van der Waals surface area contributed by atoms with E-state index in [1.165, 1.54) is 6.92 Å². The average Bonchev–Trinajstić information content (AvgIpc) is 2.58. The molecule has 2 rings (SSSR count). The van der Waals surface area contributed by atoms with Gasteiger partial charge in [-0.25, -0.2) is 4.79 Å². The van der Waals surface area contributed by atoms with Crippen molar-refractivity contribution in [3.05, 3.63) is 29.8 Å². The Hall–Kier alpha value is -1.84. The number of nitrogens with zero attached hydrogens (tertiary/aromatic N) is 1. The number of carbonyl (C=O) groups excluding carboxylic acids is 1. The first kappa shape index (κ1) is 8.74. The lowest BCUT2D eigenvalue weighted by Gasteiger charge is -1.94. The molecule has 0 aromatic heterocycles. The van der Waals surface area contributed by atoms with Crippen molar-refractivity contribution in [2.24, 2.45) is 5.16 Å². The Morgan fingerprint density at radius 3 is 3.07 bits per heavy atom. The third-order valence-corrected chi connectivity index (χ3v) is 1.85. The maximum absolute atomic E-state index is 10.5. The van der Waals surface area contributed by atoms with Gasteiger partial charge in [0.25, 0.3) is 0 Å². The summed E-state index contributed by atoms with van der Waals surface area (Å²) < 4.78 is 5.32. The SMILES string of the molecule is CC(=O)ON=C1COc2ccccc21. The van der Waals surface area contributed by atoms with E-state index in [1.807, 2.05) is 24.3 Å². The van der Waals surface area contributed by atoms with Crippen molar-refractivity contribution < 1.29 is 14.4 Å². The number of para-hydroxylation sites is 1. The number of hydrogen-bond donors (Lipinski definition) is 0. The molecule has 1 heterocycles. The zero-order valence-electron chi connectivity index (χ0n) is 7.69. The number of ether oxygens (including phenoxy) is 1. The molecule has 0 spiro atoms. The Labute approximate surface area is 81.1 Å². The van der Waals surface area contributed by atoms with E-state index in [4.69, 9.17) is 4.74 Å². The topological polar surface area (TPSA) is 47.9 Å². The van der Waals surface area contributed by atoms with E-state index >= 15 is 0 Å². The van der Waals surface area contributed by atoms with Crippen molar-refractivity contribution >= 4 is 11.7 Å². The van der Waals surface area contributed by atoms with Gasteiger partial charge in [0.1, 0.15) is 18.1 Å². The Bertz CT molecular complexity index is 398. The normalized spacial score (nSPS) is 16.2. The van der Waals surface area contributed by atoms with Gasteiger partial charge in [0, 0.05) is 12.5 Å². The molecule has 0 aliphatic carbocycles. The summed E-state index contributed by atoms with van der Waals surface area (Å²) in [5.41, 5.74) is 1.53. The predicted molar refractivity (Wildman–Crippen MR) is 50.2 cm³/mol. The second-order valence-electron chi connectivity index (χ2n) is 2.91. The van der Waals surface area contributed by atoms with Crippen molar-refractivity contribution in [3.8, 4) is 5.75 Å². The van der Waals surface area contributed by atoms with Crippen molar-refractivity contribution in [2.75, 3.05) is 6.61 Å². The number of rotatable bonds is 1. The maximum Gasteiger partial charge on any atom is 0.331 e. The van der Waals surface area contributed by atoms with Gasteiger partial charge in [-0.3, -0.25) is 0 Å². The lowest BCUT2D eigenvalue weighted by molar-refractivity contribution is -0.140. The van der Waals surface area contributed by atoms with E-state index in [9.17, 15) is 4.79 Å². The van der Waals surface area contributed by atoms with Crippen LogP contribution in [0.4, 0.5) is 0 Å². The minimum atomic E-state index is -0.429. The number of fused-ring (bicyclic) bond motifs is 1. The second kappa shape index (κ2) is 3.49. The van der Waals surface area contributed by atoms with Crippen LogP contribution in [0.25, 0.3) is 0 Å². The lowest BCUT2D eigenvalue weighted by atomic mass is 10.1. The highest BCUT2D eigenvalue weighted by Gasteiger charge is 2.19.